The summed E-state index contributed by atoms with van der Waals surface area (Å²) in [5.74, 6) is 3.00. The molecule has 0 bridgehead atoms. The van der Waals surface area contributed by atoms with E-state index in [2.05, 4.69) is 122 Å². The van der Waals surface area contributed by atoms with E-state index in [0.717, 1.165) is 61.2 Å². The van der Waals surface area contributed by atoms with Crippen molar-refractivity contribution in [3.8, 4) is 5.75 Å². The van der Waals surface area contributed by atoms with Crippen molar-refractivity contribution in [2.45, 2.75) is 40.2 Å². The number of aryl methyl sites for hydroxylation is 1. The first-order chi connectivity index (χ1) is 19.9. The maximum absolute atomic E-state index is 6.24. The van der Waals surface area contributed by atoms with Crippen molar-refractivity contribution in [2.75, 3.05) is 28.7 Å². The summed E-state index contributed by atoms with van der Waals surface area (Å²) in [6.45, 7) is 8.79. The van der Waals surface area contributed by atoms with E-state index >= 15 is 0 Å². The Morgan fingerprint density at radius 1 is 0.976 bits per heavy atom. The molecule has 212 valence electrons. The molecule has 2 heterocycles. The highest BCUT2D eigenvalue weighted by atomic mass is 127. The molecule has 1 fully saturated rings. The third-order valence-electron chi connectivity index (χ3n) is 7.17. The van der Waals surface area contributed by atoms with Crippen LogP contribution in [0.2, 0.25) is 0 Å². The number of piperidine rings is 1. The summed E-state index contributed by atoms with van der Waals surface area (Å²) >= 11 is 4.62. The van der Waals surface area contributed by atoms with Gasteiger partial charge in [-0.3, -0.25) is 0 Å². The average molecular weight is 773 g/mol. The number of benzene rings is 3. The van der Waals surface area contributed by atoms with Crippen molar-refractivity contribution in [2.24, 2.45) is 11.0 Å². The van der Waals surface area contributed by atoms with Gasteiger partial charge in [0.15, 0.2) is 0 Å². The molecule has 1 aliphatic rings. The van der Waals surface area contributed by atoms with Crippen LogP contribution >= 0.6 is 45.2 Å². The second-order valence-corrected chi connectivity index (χ2v) is 12.7. The molecular formula is C31H33I2N7O. The van der Waals surface area contributed by atoms with Gasteiger partial charge in [0.25, 0.3) is 0 Å². The summed E-state index contributed by atoms with van der Waals surface area (Å²) in [6, 6.07) is 20.5. The summed E-state index contributed by atoms with van der Waals surface area (Å²) in [6.07, 6.45) is 3.99. The lowest BCUT2D eigenvalue weighted by molar-refractivity contribution is 0.303. The molecule has 8 nitrogen and oxygen atoms in total. The minimum atomic E-state index is 0.379. The monoisotopic (exact) mass is 773 g/mol. The number of aromatic nitrogens is 3. The number of hydrogen-bond donors (Lipinski definition) is 2. The van der Waals surface area contributed by atoms with Crippen molar-refractivity contribution >= 4 is 74.9 Å². The lowest BCUT2D eigenvalue weighted by Gasteiger charge is -2.30. The number of hydrogen-bond acceptors (Lipinski definition) is 8. The molecule has 0 aliphatic carbocycles. The van der Waals surface area contributed by atoms with Gasteiger partial charge in [-0.2, -0.15) is 20.1 Å². The lowest BCUT2D eigenvalue weighted by Crippen LogP contribution is -2.34. The van der Waals surface area contributed by atoms with Gasteiger partial charge in [0.05, 0.1) is 9.78 Å². The van der Waals surface area contributed by atoms with E-state index in [1.54, 1.807) is 6.21 Å². The third kappa shape index (κ3) is 7.85. The van der Waals surface area contributed by atoms with Gasteiger partial charge in [0.2, 0.25) is 17.8 Å². The Bertz CT molecular complexity index is 1520. The fourth-order valence-corrected chi connectivity index (χ4v) is 6.59. The van der Waals surface area contributed by atoms with Gasteiger partial charge < -0.3 is 15.0 Å². The Hall–Kier alpha value is -3.00. The zero-order chi connectivity index (χ0) is 28.8. The number of halogens is 2. The van der Waals surface area contributed by atoms with E-state index in [-0.39, 0.29) is 0 Å². The summed E-state index contributed by atoms with van der Waals surface area (Å²) in [5, 5.41) is 7.93. The van der Waals surface area contributed by atoms with E-state index in [4.69, 9.17) is 14.7 Å². The quantitative estimate of drug-likeness (QED) is 0.103. The normalized spacial score (nSPS) is 13.9. The molecule has 1 aromatic heterocycles. The number of rotatable bonds is 9. The minimum absolute atomic E-state index is 0.379. The van der Waals surface area contributed by atoms with Crippen molar-refractivity contribution < 1.29 is 4.74 Å². The first kappa shape index (κ1) is 29.5. The number of anilines is 4. The molecule has 4 aromatic rings. The standard InChI is InChI=1S/C31H33I2N7O/c1-20-12-14-40(15-13-20)31-37-29(35-27-11-7-8-21(2)22(27)3)36-30(38-31)39-34-18-24-16-25(32)17-26(33)28(24)41-19-23-9-5-4-6-10-23/h4-11,16-18,20H,12-15,19H2,1-3H3,(H2,35,36,37,38,39)/b34-18-. The Morgan fingerprint density at radius 3 is 2.51 bits per heavy atom. The van der Waals surface area contributed by atoms with Crippen LogP contribution in [0.1, 0.15) is 42.0 Å². The van der Waals surface area contributed by atoms with Crippen LogP contribution in [-0.4, -0.2) is 34.3 Å². The van der Waals surface area contributed by atoms with Crippen molar-refractivity contribution in [1.29, 1.82) is 0 Å². The molecule has 1 saturated heterocycles. The predicted molar refractivity (Wildman–Crippen MR) is 184 cm³/mol. The molecular weight excluding hydrogens is 740 g/mol. The first-order valence-electron chi connectivity index (χ1n) is 13.6. The predicted octanol–water partition coefficient (Wildman–Crippen LogP) is 7.70. The largest absolute Gasteiger partial charge is 0.487 e. The highest BCUT2D eigenvalue weighted by molar-refractivity contribution is 14.1. The minimum Gasteiger partial charge on any atom is -0.487 e. The summed E-state index contributed by atoms with van der Waals surface area (Å²) in [5.41, 5.74) is 8.37. The maximum atomic E-state index is 6.24. The van der Waals surface area contributed by atoms with Crippen LogP contribution in [0.4, 0.5) is 23.5 Å². The number of nitrogens with one attached hydrogen (secondary N) is 2. The van der Waals surface area contributed by atoms with Gasteiger partial charge in [-0.25, -0.2) is 5.43 Å². The van der Waals surface area contributed by atoms with Gasteiger partial charge in [-0.05, 0) is 113 Å². The van der Waals surface area contributed by atoms with E-state index < -0.39 is 0 Å². The Morgan fingerprint density at radius 2 is 1.73 bits per heavy atom. The molecule has 3 aromatic carbocycles. The molecule has 10 heteroatoms. The highest BCUT2D eigenvalue weighted by Gasteiger charge is 2.20. The van der Waals surface area contributed by atoms with Gasteiger partial charge in [-0.15, -0.1) is 0 Å². The van der Waals surface area contributed by atoms with Crippen LogP contribution in [-0.2, 0) is 6.61 Å². The van der Waals surface area contributed by atoms with Crippen LogP contribution in [0.5, 0.6) is 5.75 Å². The molecule has 0 spiro atoms. The summed E-state index contributed by atoms with van der Waals surface area (Å²) in [4.78, 5) is 16.4. The maximum Gasteiger partial charge on any atom is 0.250 e. The summed E-state index contributed by atoms with van der Waals surface area (Å²) in [7, 11) is 0. The SMILES string of the molecule is Cc1cccc(Nc2nc(N/N=C\c3cc(I)cc(I)c3OCc3ccccc3)nc(N3CCC(C)CC3)n2)c1C. The lowest BCUT2D eigenvalue weighted by atomic mass is 10.00. The van der Waals surface area contributed by atoms with Crippen LogP contribution in [0, 0.1) is 26.9 Å². The van der Waals surface area contributed by atoms with E-state index in [1.165, 1.54) is 5.56 Å². The van der Waals surface area contributed by atoms with Gasteiger partial charge in [0.1, 0.15) is 12.4 Å². The first-order valence-corrected chi connectivity index (χ1v) is 15.8. The zero-order valence-corrected chi connectivity index (χ0v) is 27.7. The molecule has 0 saturated carbocycles. The molecule has 2 N–H and O–H groups in total. The second kappa shape index (κ2) is 13.8. The molecule has 5 rings (SSSR count). The van der Waals surface area contributed by atoms with Gasteiger partial charge in [-0.1, -0.05) is 49.4 Å². The van der Waals surface area contributed by atoms with Crippen molar-refractivity contribution in [1.82, 2.24) is 15.0 Å². The van der Waals surface area contributed by atoms with Gasteiger partial charge >= 0.3 is 0 Å². The molecule has 0 amide bonds. The number of ether oxygens (including phenoxy) is 1. The number of hydrazone groups is 1. The summed E-state index contributed by atoms with van der Waals surface area (Å²) < 4.78 is 8.36. The van der Waals surface area contributed by atoms with Crippen LogP contribution in [0.25, 0.3) is 0 Å². The molecule has 0 unspecified atom stereocenters. The van der Waals surface area contributed by atoms with E-state index in [0.29, 0.717) is 30.4 Å². The van der Waals surface area contributed by atoms with Crippen LogP contribution in [0.3, 0.4) is 0 Å². The topological polar surface area (TPSA) is 87.6 Å². The number of nitrogens with zero attached hydrogens (tertiary/aromatic N) is 5. The van der Waals surface area contributed by atoms with Crippen molar-refractivity contribution in [3.05, 3.63) is 90.1 Å². The van der Waals surface area contributed by atoms with Gasteiger partial charge in [0, 0.05) is 27.9 Å². The smallest absolute Gasteiger partial charge is 0.250 e. The average Bonchev–Trinajstić information content (AvgIpc) is 2.96. The van der Waals surface area contributed by atoms with E-state index in [1.807, 2.05) is 30.3 Å². The molecule has 0 atom stereocenters. The Balaban J connectivity index is 1.40. The Kier molecular flexibility index (Phi) is 9.91. The van der Waals surface area contributed by atoms with Crippen molar-refractivity contribution in [3.63, 3.8) is 0 Å². The fraction of sp³-hybridized carbons (Fsp3) is 0.290. The second-order valence-electron chi connectivity index (χ2n) is 10.3. The molecule has 0 radical (unpaired) electrons. The third-order valence-corrected chi connectivity index (χ3v) is 8.60. The highest BCUT2D eigenvalue weighted by Crippen LogP contribution is 2.29. The van der Waals surface area contributed by atoms with Crippen LogP contribution < -0.4 is 20.4 Å². The molecule has 41 heavy (non-hydrogen) atoms. The Labute approximate surface area is 268 Å². The van der Waals surface area contributed by atoms with E-state index in [9.17, 15) is 0 Å². The zero-order valence-electron chi connectivity index (χ0n) is 23.4. The van der Waals surface area contributed by atoms with Crippen LogP contribution in [0.15, 0.2) is 65.8 Å². The fourth-order valence-electron chi connectivity index (χ4n) is 4.55. The molecule has 1 aliphatic heterocycles.